The summed E-state index contributed by atoms with van der Waals surface area (Å²) in [4.78, 5) is 6.38. The molecule has 3 heteroatoms. The van der Waals surface area contributed by atoms with Gasteiger partial charge in [-0.2, -0.15) is 0 Å². The Morgan fingerprint density at radius 1 is 1.27 bits per heavy atom. The quantitative estimate of drug-likeness (QED) is 0.767. The van der Waals surface area contributed by atoms with Crippen LogP contribution in [0.4, 0.5) is 5.82 Å². The molecule has 0 bridgehead atoms. The second-order valence-electron chi connectivity index (χ2n) is 3.26. The van der Waals surface area contributed by atoms with Gasteiger partial charge in [0.15, 0.2) is 0 Å². The van der Waals surface area contributed by atoms with Crippen LogP contribution < -0.4 is 9.64 Å². The molecule has 1 heterocycles. The van der Waals surface area contributed by atoms with E-state index in [4.69, 9.17) is 4.74 Å². The Kier molecular flexibility index (Phi) is 6.50. The van der Waals surface area contributed by atoms with Crippen LogP contribution in [0.5, 0.6) is 5.75 Å². The predicted octanol–water partition coefficient (Wildman–Crippen LogP) is 2.96. The van der Waals surface area contributed by atoms with Crippen molar-refractivity contribution in [3.05, 3.63) is 18.3 Å². The molecule has 0 unspecified atom stereocenters. The van der Waals surface area contributed by atoms with E-state index in [9.17, 15) is 0 Å². The first-order valence-corrected chi connectivity index (χ1v) is 5.38. The van der Waals surface area contributed by atoms with Crippen molar-refractivity contribution in [1.29, 1.82) is 0 Å². The van der Waals surface area contributed by atoms with Gasteiger partial charge in [-0.05, 0) is 26.0 Å². The first kappa shape index (κ1) is 13.8. The number of nitrogens with zero attached hydrogens (tertiary/aromatic N) is 2. The van der Waals surface area contributed by atoms with E-state index in [1.54, 1.807) is 13.3 Å². The molecule has 0 aliphatic heterocycles. The van der Waals surface area contributed by atoms with Crippen LogP contribution in [-0.4, -0.2) is 25.2 Å². The Hall–Kier alpha value is -1.25. The molecule has 0 spiro atoms. The maximum Gasteiger partial charge on any atom is 0.137 e. The van der Waals surface area contributed by atoms with E-state index < -0.39 is 0 Å². The molecule has 0 aliphatic carbocycles. The summed E-state index contributed by atoms with van der Waals surface area (Å²) in [6, 6.07) is 4.33. The summed E-state index contributed by atoms with van der Waals surface area (Å²) in [6.07, 6.45) is 1.73. The summed E-state index contributed by atoms with van der Waals surface area (Å²) in [6.45, 7) is 8.26. The van der Waals surface area contributed by atoms with Crippen LogP contribution in [0, 0.1) is 0 Å². The van der Waals surface area contributed by atoms with Crippen LogP contribution in [-0.2, 0) is 0 Å². The molecule has 0 amide bonds. The minimum atomic E-state index is 0.459. The van der Waals surface area contributed by atoms with Crippen molar-refractivity contribution in [2.75, 3.05) is 19.1 Å². The highest BCUT2D eigenvalue weighted by molar-refractivity contribution is 5.40. The van der Waals surface area contributed by atoms with Crippen molar-refractivity contribution < 1.29 is 4.74 Å². The Morgan fingerprint density at radius 3 is 2.20 bits per heavy atom. The van der Waals surface area contributed by atoms with E-state index in [1.807, 2.05) is 33.0 Å². The van der Waals surface area contributed by atoms with Gasteiger partial charge in [-0.1, -0.05) is 13.8 Å². The van der Waals surface area contributed by atoms with Crippen molar-refractivity contribution in [2.24, 2.45) is 0 Å². The lowest BCUT2D eigenvalue weighted by Crippen LogP contribution is -2.26. The zero-order chi connectivity index (χ0) is 11.8. The molecule has 0 aromatic carbocycles. The molecule has 0 atom stereocenters. The third-order valence-corrected chi connectivity index (χ3v) is 2.09. The van der Waals surface area contributed by atoms with Gasteiger partial charge < -0.3 is 9.64 Å². The molecule has 15 heavy (non-hydrogen) atoms. The molecule has 1 aromatic heterocycles. The summed E-state index contributed by atoms with van der Waals surface area (Å²) < 4.78 is 5.03. The lowest BCUT2D eigenvalue weighted by molar-refractivity contribution is 0.413. The van der Waals surface area contributed by atoms with Gasteiger partial charge in [-0.15, -0.1) is 0 Å². The number of anilines is 1. The average Bonchev–Trinajstić information content (AvgIpc) is 2.31. The molecule has 0 fully saturated rings. The fourth-order valence-corrected chi connectivity index (χ4v) is 0.966. The minimum Gasteiger partial charge on any atom is -0.495 e. The topological polar surface area (TPSA) is 25.4 Å². The Bertz CT molecular complexity index is 257. The number of rotatable bonds is 3. The maximum absolute atomic E-state index is 5.03. The average molecular weight is 210 g/mol. The predicted molar refractivity (Wildman–Crippen MR) is 65.7 cm³/mol. The van der Waals surface area contributed by atoms with Crippen LogP contribution in [0.25, 0.3) is 0 Å². The second kappa shape index (κ2) is 7.10. The monoisotopic (exact) mass is 210 g/mol. The lowest BCUT2D eigenvalue weighted by atomic mass is 10.3. The third kappa shape index (κ3) is 4.19. The minimum absolute atomic E-state index is 0.459. The summed E-state index contributed by atoms with van der Waals surface area (Å²) in [5.41, 5.74) is 0. The number of pyridine rings is 1. The van der Waals surface area contributed by atoms with E-state index in [0.29, 0.717) is 6.04 Å². The molecule has 0 aliphatic rings. The van der Waals surface area contributed by atoms with Crippen LogP contribution in [0.2, 0.25) is 0 Å². The highest BCUT2D eigenvalue weighted by Crippen LogP contribution is 2.15. The first-order valence-electron chi connectivity index (χ1n) is 5.38. The highest BCUT2D eigenvalue weighted by Gasteiger charge is 2.05. The second-order valence-corrected chi connectivity index (χ2v) is 3.26. The Balaban J connectivity index is 0.000000921. The Morgan fingerprint density at radius 2 is 1.87 bits per heavy atom. The normalized spacial score (nSPS) is 9.27. The van der Waals surface area contributed by atoms with E-state index in [1.165, 1.54) is 0 Å². The number of hydrogen-bond acceptors (Lipinski definition) is 3. The molecule has 3 nitrogen and oxygen atoms in total. The van der Waals surface area contributed by atoms with Gasteiger partial charge in [-0.25, -0.2) is 4.98 Å². The van der Waals surface area contributed by atoms with Crippen LogP contribution in [0.3, 0.4) is 0 Å². The zero-order valence-corrected chi connectivity index (χ0v) is 10.6. The smallest absolute Gasteiger partial charge is 0.137 e. The van der Waals surface area contributed by atoms with E-state index in [-0.39, 0.29) is 0 Å². The molecule has 0 saturated carbocycles. The van der Waals surface area contributed by atoms with Crippen molar-refractivity contribution in [1.82, 2.24) is 4.98 Å². The Labute approximate surface area is 93.1 Å². The number of aromatic nitrogens is 1. The zero-order valence-electron chi connectivity index (χ0n) is 10.6. The van der Waals surface area contributed by atoms with Crippen LogP contribution >= 0.6 is 0 Å². The van der Waals surface area contributed by atoms with Crippen molar-refractivity contribution in [3.8, 4) is 5.75 Å². The highest BCUT2D eigenvalue weighted by atomic mass is 16.5. The third-order valence-electron chi connectivity index (χ3n) is 2.09. The summed E-state index contributed by atoms with van der Waals surface area (Å²) in [7, 11) is 3.67. The summed E-state index contributed by atoms with van der Waals surface area (Å²) in [5, 5.41) is 0. The molecular weight excluding hydrogens is 188 g/mol. The van der Waals surface area contributed by atoms with Gasteiger partial charge in [0.25, 0.3) is 0 Å². The van der Waals surface area contributed by atoms with Crippen LogP contribution in [0.1, 0.15) is 27.7 Å². The van der Waals surface area contributed by atoms with Crippen molar-refractivity contribution >= 4 is 5.82 Å². The molecule has 1 rings (SSSR count). The number of methoxy groups -OCH3 is 1. The fraction of sp³-hybridized carbons (Fsp3) is 0.583. The number of hydrogen-bond donors (Lipinski definition) is 0. The summed E-state index contributed by atoms with van der Waals surface area (Å²) >= 11 is 0. The van der Waals surface area contributed by atoms with Gasteiger partial charge >= 0.3 is 0 Å². The molecule has 1 aromatic rings. The fourth-order valence-electron chi connectivity index (χ4n) is 0.966. The molecule has 0 radical (unpaired) electrons. The molecule has 0 N–H and O–H groups in total. The summed E-state index contributed by atoms with van der Waals surface area (Å²) in [5.74, 6) is 1.76. The van der Waals surface area contributed by atoms with E-state index >= 15 is 0 Å². The van der Waals surface area contributed by atoms with E-state index in [0.717, 1.165) is 11.6 Å². The maximum atomic E-state index is 5.03. The first-order chi connectivity index (χ1) is 7.15. The SMILES string of the molecule is CC.COc1ccc(N(C)C(C)C)nc1. The van der Waals surface area contributed by atoms with Gasteiger partial charge in [0, 0.05) is 13.1 Å². The largest absolute Gasteiger partial charge is 0.495 e. The van der Waals surface area contributed by atoms with Gasteiger partial charge in [0.2, 0.25) is 0 Å². The van der Waals surface area contributed by atoms with Crippen molar-refractivity contribution in [2.45, 2.75) is 33.7 Å². The molecule has 0 saturated heterocycles. The van der Waals surface area contributed by atoms with Gasteiger partial charge in [0.05, 0.1) is 13.3 Å². The van der Waals surface area contributed by atoms with Crippen LogP contribution in [0.15, 0.2) is 18.3 Å². The number of ether oxygens (including phenoxy) is 1. The molecular formula is C12H22N2O. The van der Waals surface area contributed by atoms with Crippen molar-refractivity contribution in [3.63, 3.8) is 0 Å². The van der Waals surface area contributed by atoms with Gasteiger partial charge in [-0.3, -0.25) is 0 Å². The molecule has 86 valence electrons. The van der Waals surface area contributed by atoms with Gasteiger partial charge in [0.1, 0.15) is 11.6 Å². The van der Waals surface area contributed by atoms with E-state index in [2.05, 4.69) is 23.7 Å². The lowest BCUT2D eigenvalue weighted by Gasteiger charge is -2.22. The standard InChI is InChI=1S/C10H16N2O.C2H6/c1-8(2)12(3)10-6-5-9(13-4)7-11-10;1-2/h5-8H,1-4H3;1-2H3.